The van der Waals surface area contributed by atoms with Crippen LogP contribution in [-0.2, 0) is 4.79 Å². The van der Waals surface area contributed by atoms with Crippen LogP contribution < -0.4 is 14.2 Å². The number of esters is 1. The summed E-state index contributed by atoms with van der Waals surface area (Å²) in [6.07, 6.45) is 3.50. The van der Waals surface area contributed by atoms with Gasteiger partial charge in [0.2, 0.25) is 5.78 Å². The minimum absolute atomic E-state index is 0.0568. The molecular weight excluding hydrogens is 332 g/mol. The predicted molar refractivity (Wildman–Crippen MR) is 95.3 cm³/mol. The second-order valence-corrected chi connectivity index (χ2v) is 6.30. The molecule has 0 amide bonds. The van der Waals surface area contributed by atoms with Crippen LogP contribution in [0, 0.1) is 5.92 Å². The average molecular weight is 350 g/mol. The molecule has 1 fully saturated rings. The molecule has 2 aliphatic rings. The molecule has 2 aromatic rings. The predicted octanol–water partition coefficient (Wildman–Crippen LogP) is 4.02. The van der Waals surface area contributed by atoms with Crippen molar-refractivity contribution in [3.05, 3.63) is 59.4 Å². The van der Waals surface area contributed by atoms with Crippen LogP contribution in [0.25, 0.3) is 6.08 Å². The van der Waals surface area contributed by atoms with E-state index in [-0.39, 0.29) is 23.4 Å². The maximum Gasteiger partial charge on any atom is 0.314 e. The van der Waals surface area contributed by atoms with E-state index in [4.69, 9.17) is 14.2 Å². The molecule has 5 heteroatoms. The molecule has 5 nitrogen and oxygen atoms in total. The third-order valence-electron chi connectivity index (χ3n) is 4.26. The summed E-state index contributed by atoms with van der Waals surface area (Å²) in [6, 6.07) is 12.2. The van der Waals surface area contributed by atoms with Gasteiger partial charge in [0.15, 0.2) is 5.76 Å². The zero-order chi connectivity index (χ0) is 18.1. The number of allylic oxidation sites excluding steroid dienone is 1. The lowest BCUT2D eigenvalue weighted by Crippen LogP contribution is -2.09. The van der Waals surface area contributed by atoms with Gasteiger partial charge in [0.25, 0.3) is 0 Å². The number of benzene rings is 2. The Kier molecular flexibility index (Phi) is 4.21. The maximum atomic E-state index is 12.5. The van der Waals surface area contributed by atoms with Crippen LogP contribution in [0.3, 0.4) is 0 Å². The van der Waals surface area contributed by atoms with Crippen molar-refractivity contribution < 1.29 is 23.8 Å². The van der Waals surface area contributed by atoms with E-state index in [1.807, 2.05) is 6.92 Å². The molecule has 0 unspecified atom stereocenters. The molecule has 0 spiro atoms. The number of rotatable bonds is 5. The van der Waals surface area contributed by atoms with E-state index >= 15 is 0 Å². The Bertz CT molecular complexity index is 891. The summed E-state index contributed by atoms with van der Waals surface area (Å²) < 4.78 is 16.4. The number of hydrogen-bond donors (Lipinski definition) is 0. The monoisotopic (exact) mass is 350 g/mol. The van der Waals surface area contributed by atoms with E-state index in [0.717, 1.165) is 18.4 Å². The van der Waals surface area contributed by atoms with Crippen LogP contribution >= 0.6 is 0 Å². The van der Waals surface area contributed by atoms with Crippen molar-refractivity contribution in [3.8, 4) is 17.2 Å². The molecule has 4 rings (SSSR count). The highest BCUT2D eigenvalue weighted by Gasteiger charge is 2.31. The van der Waals surface area contributed by atoms with Gasteiger partial charge in [-0.2, -0.15) is 0 Å². The quantitative estimate of drug-likeness (QED) is 0.463. The zero-order valence-electron chi connectivity index (χ0n) is 14.4. The molecular formula is C21H18O5. The maximum absolute atomic E-state index is 12.5. The van der Waals surface area contributed by atoms with E-state index in [9.17, 15) is 9.59 Å². The van der Waals surface area contributed by atoms with Crippen molar-refractivity contribution in [2.45, 2.75) is 19.8 Å². The molecule has 1 saturated carbocycles. The summed E-state index contributed by atoms with van der Waals surface area (Å²) in [7, 11) is 0. The Morgan fingerprint density at radius 2 is 1.88 bits per heavy atom. The number of ketones is 1. The smallest absolute Gasteiger partial charge is 0.314 e. The van der Waals surface area contributed by atoms with E-state index in [1.165, 1.54) is 0 Å². The van der Waals surface area contributed by atoms with Crippen LogP contribution in [0.5, 0.6) is 17.2 Å². The van der Waals surface area contributed by atoms with Gasteiger partial charge in [0.05, 0.1) is 18.1 Å². The minimum atomic E-state index is -0.175. The number of carbonyl (C=O) groups excluding carboxylic acids is 2. The first-order chi connectivity index (χ1) is 12.6. The summed E-state index contributed by atoms with van der Waals surface area (Å²) in [6.45, 7) is 2.45. The SMILES string of the molecule is CCOc1ccc2c(c1)O/C(=C\c1ccc(OC(=O)C3CC3)cc1)C2=O. The van der Waals surface area contributed by atoms with Gasteiger partial charge in [-0.15, -0.1) is 0 Å². The molecule has 1 aliphatic heterocycles. The van der Waals surface area contributed by atoms with Gasteiger partial charge < -0.3 is 14.2 Å². The largest absolute Gasteiger partial charge is 0.494 e. The number of carbonyl (C=O) groups is 2. The molecule has 0 aromatic heterocycles. The van der Waals surface area contributed by atoms with Gasteiger partial charge in [-0.05, 0) is 55.7 Å². The molecule has 0 N–H and O–H groups in total. The van der Waals surface area contributed by atoms with E-state index < -0.39 is 0 Å². The van der Waals surface area contributed by atoms with Crippen LogP contribution in [0.2, 0.25) is 0 Å². The summed E-state index contributed by atoms with van der Waals surface area (Å²) in [5.74, 6) is 1.66. The van der Waals surface area contributed by atoms with Crippen molar-refractivity contribution in [1.82, 2.24) is 0 Å². The Morgan fingerprint density at radius 1 is 1.15 bits per heavy atom. The molecule has 0 saturated heterocycles. The molecule has 26 heavy (non-hydrogen) atoms. The van der Waals surface area contributed by atoms with Crippen molar-refractivity contribution in [2.24, 2.45) is 5.92 Å². The fraction of sp³-hybridized carbons (Fsp3) is 0.238. The van der Waals surface area contributed by atoms with Crippen molar-refractivity contribution >= 4 is 17.8 Å². The summed E-state index contributed by atoms with van der Waals surface area (Å²) in [5, 5.41) is 0. The van der Waals surface area contributed by atoms with Gasteiger partial charge in [-0.25, -0.2) is 0 Å². The summed E-state index contributed by atoms with van der Waals surface area (Å²) in [5.41, 5.74) is 1.31. The highest BCUT2D eigenvalue weighted by atomic mass is 16.5. The van der Waals surface area contributed by atoms with Gasteiger partial charge in [-0.1, -0.05) is 12.1 Å². The number of fused-ring (bicyclic) bond motifs is 1. The Morgan fingerprint density at radius 3 is 2.58 bits per heavy atom. The van der Waals surface area contributed by atoms with Crippen LogP contribution in [0.15, 0.2) is 48.2 Å². The first-order valence-electron chi connectivity index (χ1n) is 8.67. The molecule has 1 heterocycles. The fourth-order valence-corrected chi connectivity index (χ4v) is 2.73. The zero-order valence-corrected chi connectivity index (χ0v) is 14.4. The first-order valence-corrected chi connectivity index (χ1v) is 8.67. The van der Waals surface area contributed by atoms with E-state index in [2.05, 4.69) is 0 Å². The molecule has 1 aliphatic carbocycles. The fourth-order valence-electron chi connectivity index (χ4n) is 2.73. The lowest BCUT2D eigenvalue weighted by Gasteiger charge is -2.04. The lowest BCUT2D eigenvalue weighted by molar-refractivity contribution is -0.135. The number of ether oxygens (including phenoxy) is 3. The van der Waals surface area contributed by atoms with Gasteiger partial charge >= 0.3 is 5.97 Å². The minimum Gasteiger partial charge on any atom is -0.494 e. The van der Waals surface area contributed by atoms with E-state index in [1.54, 1.807) is 48.5 Å². The lowest BCUT2D eigenvalue weighted by atomic mass is 10.1. The first kappa shape index (κ1) is 16.4. The van der Waals surface area contributed by atoms with Gasteiger partial charge in [0, 0.05) is 6.07 Å². The topological polar surface area (TPSA) is 61.8 Å². The number of Topliss-reactive ketones (excluding diaryl/α,β-unsaturated/α-hetero) is 1. The molecule has 0 radical (unpaired) electrons. The third kappa shape index (κ3) is 3.33. The average Bonchev–Trinajstić information content (AvgIpc) is 3.44. The van der Waals surface area contributed by atoms with E-state index in [0.29, 0.717) is 29.4 Å². The highest BCUT2D eigenvalue weighted by Crippen LogP contribution is 2.35. The Balaban J connectivity index is 1.49. The standard InChI is InChI=1S/C21H18O5/c1-2-24-16-9-10-17-18(12-16)26-19(20(17)22)11-13-3-7-15(8-4-13)25-21(23)14-5-6-14/h3-4,7-12,14H,2,5-6H2,1H3/b19-11-. The van der Waals surface area contributed by atoms with Crippen LogP contribution in [-0.4, -0.2) is 18.4 Å². The third-order valence-corrected chi connectivity index (χ3v) is 4.26. The Labute approximate surface area is 151 Å². The summed E-state index contributed by atoms with van der Waals surface area (Å²) in [4.78, 5) is 24.1. The highest BCUT2D eigenvalue weighted by molar-refractivity contribution is 6.14. The second kappa shape index (κ2) is 6.67. The van der Waals surface area contributed by atoms with Crippen molar-refractivity contribution in [2.75, 3.05) is 6.61 Å². The van der Waals surface area contributed by atoms with Crippen LogP contribution in [0.1, 0.15) is 35.7 Å². The van der Waals surface area contributed by atoms with Gasteiger partial charge in [-0.3, -0.25) is 9.59 Å². The normalized spacial score (nSPS) is 17.0. The van der Waals surface area contributed by atoms with Crippen molar-refractivity contribution in [1.29, 1.82) is 0 Å². The molecule has 2 aromatic carbocycles. The van der Waals surface area contributed by atoms with Crippen molar-refractivity contribution in [3.63, 3.8) is 0 Å². The summed E-state index contributed by atoms with van der Waals surface area (Å²) >= 11 is 0. The second-order valence-electron chi connectivity index (χ2n) is 6.30. The molecule has 0 atom stereocenters. The van der Waals surface area contributed by atoms with Crippen LogP contribution in [0.4, 0.5) is 0 Å². The molecule has 0 bridgehead atoms. The number of hydrogen-bond acceptors (Lipinski definition) is 5. The molecule has 132 valence electrons. The van der Waals surface area contributed by atoms with Gasteiger partial charge in [0.1, 0.15) is 17.2 Å². The Hall–Kier alpha value is -3.08.